The maximum Gasteiger partial charge on any atom is 0.306 e. The van der Waals surface area contributed by atoms with E-state index in [0.29, 0.717) is 19.3 Å². The number of esters is 1. The molecule has 84 heavy (non-hydrogen) atoms. The molecule has 11 heteroatoms. The van der Waals surface area contributed by atoms with Gasteiger partial charge in [0.05, 0.1) is 25.4 Å². The van der Waals surface area contributed by atoms with Crippen molar-refractivity contribution in [2.45, 2.75) is 378 Å². The molecule has 1 amide bonds. The lowest BCUT2D eigenvalue weighted by molar-refractivity contribution is -0.305. The van der Waals surface area contributed by atoms with Crippen molar-refractivity contribution in [1.82, 2.24) is 5.32 Å². The molecule has 0 aromatic heterocycles. The van der Waals surface area contributed by atoms with Gasteiger partial charge in [0.25, 0.3) is 0 Å². The molecule has 1 heterocycles. The summed E-state index contributed by atoms with van der Waals surface area (Å²) < 4.78 is 17.7. The van der Waals surface area contributed by atoms with E-state index < -0.39 is 67.4 Å². The van der Waals surface area contributed by atoms with E-state index in [1.165, 1.54) is 212 Å². The number of carbonyl (C=O) groups is 2. The Morgan fingerprint density at radius 2 is 0.821 bits per heavy atom. The predicted molar refractivity (Wildman–Crippen MR) is 352 cm³/mol. The van der Waals surface area contributed by atoms with Crippen LogP contribution in [0.5, 0.6) is 0 Å². The third-order valence-corrected chi connectivity index (χ3v) is 16.6. The highest BCUT2D eigenvalue weighted by Gasteiger charge is 2.47. The molecule has 1 aliphatic heterocycles. The number of aliphatic hydroxyl groups excluding tert-OH is 5. The molecule has 0 bridgehead atoms. The van der Waals surface area contributed by atoms with Crippen molar-refractivity contribution in [2.75, 3.05) is 13.2 Å². The second-order valence-corrected chi connectivity index (χ2v) is 24.6. The smallest absolute Gasteiger partial charge is 0.306 e. The van der Waals surface area contributed by atoms with E-state index in [0.717, 1.165) is 70.6 Å². The number of unbranched alkanes of at least 4 members (excludes halogenated alkanes) is 39. The van der Waals surface area contributed by atoms with Crippen molar-refractivity contribution in [1.29, 1.82) is 0 Å². The predicted octanol–water partition coefficient (Wildman–Crippen LogP) is 18.1. The lowest BCUT2D eigenvalue weighted by Crippen LogP contribution is -2.61. The monoisotopic (exact) mass is 1180 g/mol. The first-order valence-electron chi connectivity index (χ1n) is 35.6. The topological polar surface area (TPSA) is 175 Å². The summed E-state index contributed by atoms with van der Waals surface area (Å²) in [6.45, 7) is 5.78. The van der Waals surface area contributed by atoms with E-state index >= 15 is 0 Å². The van der Waals surface area contributed by atoms with Gasteiger partial charge in [0.1, 0.15) is 24.4 Å². The molecule has 0 aromatic rings. The third kappa shape index (κ3) is 47.4. The van der Waals surface area contributed by atoms with E-state index in [1.807, 2.05) is 6.08 Å². The second kappa shape index (κ2) is 60.6. The highest BCUT2D eigenvalue weighted by atomic mass is 16.7. The van der Waals surface area contributed by atoms with Crippen LogP contribution in [0.4, 0.5) is 0 Å². The van der Waals surface area contributed by atoms with Crippen LogP contribution in [0.1, 0.15) is 329 Å². The van der Waals surface area contributed by atoms with Gasteiger partial charge in [-0.05, 0) is 89.9 Å². The molecule has 0 radical (unpaired) electrons. The number of carbonyl (C=O) groups excluding carboxylic acids is 2. The molecule has 0 spiro atoms. The molecule has 0 aliphatic carbocycles. The lowest BCUT2D eigenvalue weighted by atomic mass is 9.99. The van der Waals surface area contributed by atoms with Gasteiger partial charge < -0.3 is 45.1 Å². The van der Waals surface area contributed by atoms with Crippen molar-refractivity contribution in [3.63, 3.8) is 0 Å². The van der Waals surface area contributed by atoms with Crippen molar-refractivity contribution in [2.24, 2.45) is 0 Å². The van der Waals surface area contributed by atoms with Gasteiger partial charge in [0.2, 0.25) is 5.91 Å². The van der Waals surface area contributed by atoms with Crippen LogP contribution >= 0.6 is 0 Å². The summed E-state index contributed by atoms with van der Waals surface area (Å²) in [7, 11) is 0. The zero-order valence-electron chi connectivity index (χ0n) is 54.5. The van der Waals surface area contributed by atoms with Crippen molar-refractivity contribution < 1.29 is 49.3 Å². The van der Waals surface area contributed by atoms with Crippen LogP contribution in [0.3, 0.4) is 0 Å². The highest BCUT2D eigenvalue weighted by molar-refractivity contribution is 5.80. The number of ether oxygens (including phenoxy) is 3. The van der Waals surface area contributed by atoms with Gasteiger partial charge in [0.15, 0.2) is 12.4 Å². The Morgan fingerprint density at radius 1 is 0.464 bits per heavy atom. The Morgan fingerprint density at radius 3 is 1.24 bits per heavy atom. The van der Waals surface area contributed by atoms with Crippen molar-refractivity contribution in [3.05, 3.63) is 60.8 Å². The van der Waals surface area contributed by atoms with Crippen LogP contribution in [-0.2, 0) is 23.8 Å². The summed E-state index contributed by atoms with van der Waals surface area (Å²) in [5.41, 5.74) is 0. The van der Waals surface area contributed by atoms with Gasteiger partial charge in [-0.3, -0.25) is 9.59 Å². The van der Waals surface area contributed by atoms with Crippen LogP contribution in [0.15, 0.2) is 60.8 Å². The Bertz CT molecular complexity index is 1600. The largest absolute Gasteiger partial charge is 0.454 e. The minimum atomic E-state index is -1.62. The summed E-state index contributed by atoms with van der Waals surface area (Å²) in [5, 5.41) is 57.2. The van der Waals surface area contributed by atoms with Gasteiger partial charge in [-0.25, -0.2) is 0 Å². The van der Waals surface area contributed by atoms with Crippen molar-refractivity contribution in [3.8, 4) is 0 Å². The minimum absolute atomic E-state index is 0.122. The number of aliphatic hydroxyl groups is 5. The van der Waals surface area contributed by atoms with E-state index in [2.05, 4.69) is 74.7 Å². The number of rotatable bonds is 61. The molecule has 1 aliphatic rings. The summed E-state index contributed by atoms with van der Waals surface area (Å²) >= 11 is 0. The molecule has 8 unspecified atom stereocenters. The molecule has 1 saturated heterocycles. The normalized spacial score (nSPS) is 18.8. The van der Waals surface area contributed by atoms with Crippen molar-refractivity contribution >= 4 is 11.9 Å². The Balaban J connectivity index is 2.58. The van der Waals surface area contributed by atoms with Gasteiger partial charge in [-0.15, -0.1) is 0 Å². The summed E-state index contributed by atoms with van der Waals surface area (Å²) in [6.07, 6.45) is 66.8. The Labute approximate surface area is 516 Å². The van der Waals surface area contributed by atoms with Crippen LogP contribution in [0.2, 0.25) is 0 Å². The molecule has 8 atom stereocenters. The maximum absolute atomic E-state index is 13.5. The third-order valence-electron chi connectivity index (χ3n) is 16.6. The van der Waals surface area contributed by atoms with Crippen LogP contribution in [0.25, 0.3) is 0 Å². The number of hydrogen-bond donors (Lipinski definition) is 6. The number of amides is 1. The van der Waals surface area contributed by atoms with Crippen LogP contribution < -0.4 is 5.32 Å². The fourth-order valence-electron chi connectivity index (χ4n) is 11.0. The summed E-state index contributed by atoms with van der Waals surface area (Å²) in [6, 6.07) is -1.03. The average Bonchev–Trinajstić information content (AvgIpc) is 3.55. The summed E-state index contributed by atoms with van der Waals surface area (Å²) in [5.74, 6) is -1.19. The molecular weight excluding hydrogens is 1050 g/mol. The first-order valence-corrected chi connectivity index (χ1v) is 35.6. The summed E-state index contributed by atoms with van der Waals surface area (Å²) in [4.78, 5) is 26.7. The van der Waals surface area contributed by atoms with Gasteiger partial charge in [-0.2, -0.15) is 0 Å². The molecule has 0 saturated carbocycles. The Hall–Kier alpha value is -2.64. The first kappa shape index (κ1) is 79.4. The molecule has 1 fully saturated rings. The molecule has 6 N–H and O–H groups in total. The van der Waals surface area contributed by atoms with E-state index in [4.69, 9.17) is 14.2 Å². The number of nitrogens with one attached hydrogen (secondary N) is 1. The van der Waals surface area contributed by atoms with Gasteiger partial charge in [-0.1, -0.05) is 293 Å². The molecular formula is C73H133NO10. The van der Waals surface area contributed by atoms with Gasteiger partial charge >= 0.3 is 5.97 Å². The SMILES string of the molecule is CCCCC/C=C\C/C=C\CCCCCCCCCCCCCCC(O)C(=O)NC(COC1OC(CO)C(O)C(O)C1OC(=O)CCCCCCCCCCCCC/C=C\C/C=C\CCCCC)C(O)/C=C/CCCCCCCCCCCC. The Kier molecular flexibility index (Phi) is 57.3. The zero-order chi connectivity index (χ0) is 61.0. The minimum Gasteiger partial charge on any atom is -0.454 e. The molecule has 0 aromatic carbocycles. The molecule has 490 valence electrons. The highest BCUT2D eigenvalue weighted by Crippen LogP contribution is 2.26. The maximum atomic E-state index is 13.5. The molecule has 11 nitrogen and oxygen atoms in total. The number of hydrogen-bond acceptors (Lipinski definition) is 10. The standard InChI is InChI=1S/C73H133NO10/c1-4-7-10-13-16-19-22-25-27-29-31-33-35-36-38-40-42-45-48-51-54-57-60-66(77)72(81)74-64(65(76)59-56-53-50-47-44-24-21-18-15-12-9-6-3)63-82-73-71(70(80)69(79)67(62-75)83-73)84-68(78)61-58-55-52-49-46-43-41-39-37-34-32-30-28-26-23-20-17-14-11-8-5-2/h16-17,19-20,25-28,56,59,64-67,69-71,73,75-77,79-80H,4-15,18,21-24,29-55,57-58,60-63H2,1-3H3,(H,74,81)/b19-16-,20-17-,27-25-,28-26-,59-56+. The fourth-order valence-corrected chi connectivity index (χ4v) is 11.0. The first-order chi connectivity index (χ1) is 41.2. The zero-order valence-corrected chi connectivity index (χ0v) is 54.5. The van der Waals surface area contributed by atoms with Crippen LogP contribution in [0, 0.1) is 0 Å². The molecule has 1 rings (SSSR count). The van der Waals surface area contributed by atoms with E-state index in [1.54, 1.807) is 6.08 Å². The number of allylic oxidation sites excluding steroid dienone is 9. The van der Waals surface area contributed by atoms with E-state index in [9.17, 15) is 35.1 Å². The second-order valence-electron chi connectivity index (χ2n) is 24.6. The van der Waals surface area contributed by atoms with Gasteiger partial charge in [0, 0.05) is 6.42 Å². The fraction of sp³-hybridized carbons (Fsp3) is 0.836. The quantitative estimate of drug-likeness (QED) is 0.0195. The average molecular weight is 1180 g/mol. The van der Waals surface area contributed by atoms with Crippen LogP contribution in [-0.4, -0.2) is 99.6 Å². The lowest BCUT2D eigenvalue weighted by Gasteiger charge is -2.41. The van der Waals surface area contributed by atoms with E-state index in [-0.39, 0.29) is 13.0 Å².